The number of amides is 1. The van der Waals surface area contributed by atoms with E-state index in [-0.39, 0.29) is 5.82 Å². The molecule has 0 aliphatic carbocycles. The van der Waals surface area contributed by atoms with Crippen molar-refractivity contribution in [3.05, 3.63) is 43.0 Å². The molecule has 5 N–H and O–H groups in total. The van der Waals surface area contributed by atoms with Crippen LogP contribution in [0, 0.1) is 0 Å². The summed E-state index contributed by atoms with van der Waals surface area (Å²) >= 11 is 0. The Hall–Kier alpha value is -4.20. The van der Waals surface area contributed by atoms with Gasteiger partial charge in [-0.3, -0.25) is 9.48 Å². The van der Waals surface area contributed by atoms with Crippen LogP contribution in [-0.4, -0.2) is 72.0 Å². The van der Waals surface area contributed by atoms with E-state index in [1.807, 2.05) is 0 Å². The molecule has 13 heteroatoms. The smallest absolute Gasteiger partial charge is 0.256 e. The minimum Gasteiger partial charge on any atom is -0.490 e. The molecule has 2 aliphatic heterocycles. The largest absolute Gasteiger partial charge is 0.490 e. The van der Waals surface area contributed by atoms with Crippen LogP contribution in [0.15, 0.2) is 43.0 Å². The Kier molecular flexibility index (Phi) is 5.67. The number of hydrogen-bond acceptors (Lipinski definition) is 10. The van der Waals surface area contributed by atoms with Crippen LogP contribution in [0.4, 0.5) is 11.5 Å². The molecule has 0 unspecified atom stereocenters. The Labute approximate surface area is 210 Å². The second-order valence-electron chi connectivity index (χ2n) is 8.91. The van der Waals surface area contributed by atoms with E-state index in [2.05, 4.69) is 20.4 Å². The third kappa shape index (κ3) is 4.02. The molecule has 0 saturated carbocycles. The van der Waals surface area contributed by atoms with Gasteiger partial charge in [0, 0.05) is 43.2 Å². The molecule has 0 radical (unpaired) electrons. The van der Waals surface area contributed by atoms with Gasteiger partial charge in [-0.15, -0.1) is 0 Å². The van der Waals surface area contributed by atoms with E-state index >= 15 is 0 Å². The zero-order valence-corrected chi connectivity index (χ0v) is 19.8. The van der Waals surface area contributed by atoms with Crippen LogP contribution >= 0.6 is 0 Å². The number of aromatic nitrogens is 5. The summed E-state index contributed by atoms with van der Waals surface area (Å²) in [6.07, 6.45) is 0.0941. The molecule has 3 aromatic heterocycles. The lowest BCUT2D eigenvalue weighted by Crippen LogP contribution is -2.39. The Balaban J connectivity index is 1.29. The van der Waals surface area contributed by atoms with Crippen LogP contribution in [0.3, 0.4) is 0 Å². The first kappa shape index (κ1) is 23.2. The van der Waals surface area contributed by atoms with Crippen molar-refractivity contribution in [2.75, 3.05) is 24.3 Å². The van der Waals surface area contributed by atoms with E-state index in [1.54, 1.807) is 48.4 Å². The number of rotatable bonds is 4. The molecular weight excluding hydrogens is 482 g/mol. The number of carbonyl (C=O) groups excluding carboxylic acids is 1. The number of anilines is 2. The fourth-order valence-corrected chi connectivity index (χ4v) is 4.62. The van der Waals surface area contributed by atoms with Gasteiger partial charge in [0.2, 0.25) is 0 Å². The molecule has 13 nitrogen and oxygen atoms in total. The predicted molar refractivity (Wildman–Crippen MR) is 131 cm³/mol. The SMILES string of the molecule is Cn1ccc(-c2cn([C@@H]3O[C@H](C(=O)Nc4ccc5c(c4)OCCCO5)[C@@H](O)[C@H]3O)c3ncnc(N)c23)n1. The van der Waals surface area contributed by atoms with Gasteiger partial charge in [0.05, 0.1) is 24.3 Å². The summed E-state index contributed by atoms with van der Waals surface area (Å²) in [4.78, 5) is 21.5. The van der Waals surface area contributed by atoms with Crippen molar-refractivity contribution in [2.45, 2.75) is 31.0 Å². The normalized spacial score (nSPS) is 23.2. The topological polar surface area (TPSA) is 172 Å². The Morgan fingerprint density at radius 3 is 2.73 bits per heavy atom. The Morgan fingerprint density at radius 1 is 1.14 bits per heavy atom. The van der Waals surface area contributed by atoms with Crippen molar-refractivity contribution in [3.8, 4) is 22.8 Å². The second kappa shape index (κ2) is 9.03. The molecule has 4 aromatic rings. The molecule has 37 heavy (non-hydrogen) atoms. The minimum atomic E-state index is -1.50. The van der Waals surface area contributed by atoms with Crippen molar-refractivity contribution in [2.24, 2.45) is 7.05 Å². The quantitative estimate of drug-likeness (QED) is 0.310. The first-order chi connectivity index (χ1) is 17.9. The van der Waals surface area contributed by atoms with E-state index in [0.29, 0.717) is 52.7 Å². The molecule has 1 aromatic carbocycles. The highest BCUT2D eigenvalue weighted by Gasteiger charge is 2.48. The molecule has 5 heterocycles. The van der Waals surface area contributed by atoms with Crippen molar-refractivity contribution in [3.63, 3.8) is 0 Å². The van der Waals surface area contributed by atoms with Crippen molar-refractivity contribution in [1.29, 1.82) is 0 Å². The summed E-state index contributed by atoms with van der Waals surface area (Å²) in [7, 11) is 1.79. The molecule has 1 saturated heterocycles. The van der Waals surface area contributed by atoms with Crippen LogP contribution in [0.1, 0.15) is 12.6 Å². The summed E-state index contributed by atoms with van der Waals surface area (Å²) in [6, 6.07) is 6.82. The van der Waals surface area contributed by atoms with Gasteiger partial charge in [-0.2, -0.15) is 5.10 Å². The molecule has 2 aliphatic rings. The number of benzene rings is 1. The average Bonchev–Trinajstić information content (AvgIpc) is 3.50. The van der Waals surface area contributed by atoms with Crippen molar-refractivity contribution < 1.29 is 29.2 Å². The van der Waals surface area contributed by atoms with Crippen LogP contribution < -0.4 is 20.5 Å². The molecule has 0 bridgehead atoms. The van der Waals surface area contributed by atoms with E-state index in [0.717, 1.165) is 6.42 Å². The number of nitrogens with two attached hydrogens (primary N) is 1. The number of fused-ring (bicyclic) bond motifs is 2. The van der Waals surface area contributed by atoms with Crippen LogP contribution in [0.5, 0.6) is 11.5 Å². The highest BCUT2D eigenvalue weighted by molar-refractivity contribution is 6.00. The summed E-state index contributed by atoms with van der Waals surface area (Å²) in [6.45, 7) is 1.05. The zero-order chi connectivity index (χ0) is 25.7. The van der Waals surface area contributed by atoms with Gasteiger partial charge in [-0.25, -0.2) is 9.97 Å². The number of carbonyl (C=O) groups is 1. The fraction of sp³-hybridized carbons (Fsp3) is 0.333. The molecule has 4 atom stereocenters. The summed E-state index contributed by atoms with van der Waals surface area (Å²) in [5.74, 6) is 0.701. The van der Waals surface area contributed by atoms with E-state index in [1.165, 1.54) is 10.9 Å². The molecule has 1 fully saturated rings. The average molecular weight is 508 g/mol. The predicted octanol–water partition coefficient (Wildman–Crippen LogP) is 0.833. The molecule has 0 spiro atoms. The lowest BCUT2D eigenvalue weighted by Gasteiger charge is -2.17. The third-order valence-corrected chi connectivity index (χ3v) is 6.41. The van der Waals surface area contributed by atoms with Crippen LogP contribution in [0.25, 0.3) is 22.3 Å². The number of nitrogens with zero attached hydrogens (tertiary/aromatic N) is 5. The number of hydrogen-bond donors (Lipinski definition) is 4. The summed E-state index contributed by atoms with van der Waals surface area (Å²) in [5, 5.41) is 29.3. The third-order valence-electron chi connectivity index (χ3n) is 6.41. The van der Waals surface area contributed by atoms with Crippen molar-refractivity contribution >= 4 is 28.4 Å². The molecule has 6 rings (SSSR count). The number of aliphatic hydroxyl groups excluding tert-OH is 2. The monoisotopic (exact) mass is 507 g/mol. The highest BCUT2D eigenvalue weighted by atomic mass is 16.6. The summed E-state index contributed by atoms with van der Waals surface area (Å²) in [5.41, 5.74) is 8.21. The van der Waals surface area contributed by atoms with E-state index in [9.17, 15) is 15.0 Å². The minimum absolute atomic E-state index is 0.223. The number of aliphatic hydroxyl groups is 2. The zero-order valence-electron chi connectivity index (χ0n) is 19.8. The highest BCUT2D eigenvalue weighted by Crippen LogP contribution is 2.38. The molecular formula is C24H25N7O6. The van der Waals surface area contributed by atoms with Gasteiger partial charge in [0.1, 0.15) is 30.0 Å². The number of ether oxygens (including phenoxy) is 3. The van der Waals surface area contributed by atoms with Crippen LogP contribution in [0.2, 0.25) is 0 Å². The van der Waals surface area contributed by atoms with E-state index in [4.69, 9.17) is 19.9 Å². The van der Waals surface area contributed by atoms with E-state index < -0.39 is 30.4 Å². The van der Waals surface area contributed by atoms with Gasteiger partial charge in [0.25, 0.3) is 5.91 Å². The summed E-state index contributed by atoms with van der Waals surface area (Å²) < 4.78 is 20.4. The lowest BCUT2D eigenvalue weighted by atomic mass is 10.1. The maximum atomic E-state index is 13.1. The molecule has 1 amide bonds. The number of nitrogen functional groups attached to an aromatic ring is 1. The number of nitrogens with one attached hydrogen (secondary N) is 1. The van der Waals surface area contributed by atoms with Gasteiger partial charge in [-0.05, 0) is 18.2 Å². The lowest BCUT2D eigenvalue weighted by molar-refractivity contribution is -0.132. The van der Waals surface area contributed by atoms with Gasteiger partial charge in [-0.1, -0.05) is 0 Å². The van der Waals surface area contributed by atoms with Gasteiger partial charge < -0.3 is 40.0 Å². The Morgan fingerprint density at radius 2 is 1.95 bits per heavy atom. The maximum Gasteiger partial charge on any atom is 0.256 e. The van der Waals surface area contributed by atoms with Gasteiger partial charge in [0.15, 0.2) is 23.8 Å². The number of aryl methyl sites for hydroxylation is 1. The standard InChI is InChI=1S/C24H25N7O6/c1-30-6-5-14(29-30)13-10-31(22-17(13)21(25)26-11-27-22)24-19(33)18(32)20(37-24)23(34)28-12-3-4-15-16(9-12)36-8-2-7-35-15/h3-6,9-11,18-20,24,32-33H,2,7-8H2,1H3,(H,28,34)(H2,25,26,27)/t18-,19+,20-,24+/m0/s1. The molecule has 192 valence electrons. The van der Waals surface area contributed by atoms with Crippen LogP contribution in [-0.2, 0) is 16.6 Å². The fourth-order valence-electron chi connectivity index (χ4n) is 4.62. The van der Waals surface area contributed by atoms with Crippen molar-refractivity contribution in [1.82, 2.24) is 24.3 Å². The van der Waals surface area contributed by atoms with Gasteiger partial charge >= 0.3 is 0 Å². The second-order valence-corrected chi connectivity index (χ2v) is 8.91. The first-order valence-electron chi connectivity index (χ1n) is 11.7. The maximum absolute atomic E-state index is 13.1. The first-order valence-corrected chi connectivity index (χ1v) is 11.7. The Bertz CT molecular complexity index is 1480.